The fourth-order valence-electron chi connectivity index (χ4n) is 7.71. The summed E-state index contributed by atoms with van der Waals surface area (Å²) in [7, 11) is 0. The molecule has 0 aliphatic heterocycles. The minimum Gasteiger partial charge on any atom is -0.456 e. The predicted octanol–water partition coefficient (Wildman–Crippen LogP) is 14.1. The summed E-state index contributed by atoms with van der Waals surface area (Å²) in [6.07, 6.45) is 0. The lowest BCUT2D eigenvalue weighted by molar-refractivity contribution is 0.668. The zero-order chi connectivity index (χ0) is 33.5. The quantitative estimate of drug-likeness (QED) is 0.190. The Morgan fingerprint density at radius 2 is 0.667 bits per heavy atom. The first-order chi connectivity index (χ1) is 25.2. The van der Waals surface area contributed by atoms with Crippen molar-refractivity contribution < 1.29 is 13.3 Å². The Labute approximate surface area is 292 Å². The first-order valence-electron chi connectivity index (χ1n) is 17.2. The van der Waals surface area contributed by atoms with Gasteiger partial charge < -0.3 is 13.3 Å². The minimum absolute atomic E-state index is 0.885. The van der Waals surface area contributed by atoms with Crippen LogP contribution in [0.4, 0.5) is 0 Å². The summed E-state index contributed by atoms with van der Waals surface area (Å²) in [6.45, 7) is 0. The topological polar surface area (TPSA) is 39.4 Å². The summed E-state index contributed by atoms with van der Waals surface area (Å²) in [6, 6.07) is 59.7. The summed E-state index contributed by atoms with van der Waals surface area (Å²) >= 11 is 0. The van der Waals surface area contributed by atoms with Crippen molar-refractivity contribution in [3.8, 4) is 44.5 Å². The van der Waals surface area contributed by atoms with Crippen LogP contribution in [-0.2, 0) is 0 Å². The van der Waals surface area contributed by atoms with Crippen molar-refractivity contribution in [2.45, 2.75) is 0 Å². The zero-order valence-corrected chi connectivity index (χ0v) is 27.4. The number of fused-ring (bicyclic) bond motifs is 9. The van der Waals surface area contributed by atoms with E-state index in [1.807, 2.05) is 24.3 Å². The van der Waals surface area contributed by atoms with Crippen LogP contribution in [0, 0.1) is 0 Å². The summed E-state index contributed by atoms with van der Waals surface area (Å²) in [5.74, 6) is 0. The van der Waals surface area contributed by atoms with Gasteiger partial charge in [-0.3, -0.25) is 0 Å². The van der Waals surface area contributed by atoms with Crippen LogP contribution in [0.1, 0.15) is 0 Å². The Morgan fingerprint density at radius 3 is 1.31 bits per heavy atom. The highest BCUT2D eigenvalue weighted by Crippen LogP contribution is 2.39. The highest BCUT2D eigenvalue weighted by atomic mass is 16.3. The Bertz CT molecular complexity index is 3120. The first-order valence-corrected chi connectivity index (χ1v) is 17.2. The average Bonchev–Trinajstić information content (AvgIpc) is 3.88. The average molecular weight is 653 g/mol. The van der Waals surface area contributed by atoms with Gasteiger partial charge in [-0.25, -0.2) is 0 Å². The van der Waals surface area contributed by atoms with Crippen LogP contribution in [-0.4, -0.2) is 0 Å². The van der Waals surface area contributed by atoms with Gasteiger partial charge in [0, 0.05) is 37.9 Å². The van der Waals surface area contributed by atoms with E-state index in [0.717, 1.165) is 110 Å². The highest BCUT2D eigenvalue weighted by molar-refractivity contribution is 6.10. The molecule has 3 heterocycles. The molecular formula is C48H28O3. The molecule has 0 bridgehead atoms. The van der Waals surface area contributed by atoms with Gasteiger partial charge in [-0.2, -0.15) is 0 Å². The summed E-state index contributed by atoms with van der Waals surface area (Å²) in [5, 5.41) is 6.79. The molecule has 0 fully saturated rings. The predicted molar refractivity (Wildman–Crippen MR) is 210 cm³/mol. The third-order valence-electron chi connectivity index (χ3n) is 10.3. The number of furan rings is 3. The van der Waals surface area contributed by atoms with Gasteiger partial charge in [0.15, 0.2) is 0 Å². The molecule has 0 amide bonds. The van der Waals surface area contributed by atoms with Gasteiger partial charge in [-0.15, -0.1) is 0 Å². The van der Waals surface area contributed by atoms with Crippen LogP contribution in [0.25, 0.3) is 110 Å². The van der Waals surface area contributed by atoms with E-state index in [1.165, 1.54) is 0 Å². The van der Waals surface area contributed by atoms with E-state index < -0.39 is 0 Å². The molecule has 0 unspecified atom stereocenters. The fraction of sp³-hybridized carbons (Fsp3) is 0. The number of para-hydroxylation sites is 3. The van der Waals surface area contributed by atoms with Crippen molar-refractivity contribution in [3.63, 3.8) is 0 Å². The third-order valence-corrected chi connectivity index (χ3v) is 10.3. The van der Waals surface area contributed by atoms with Crippen LogP contribution in [0.15, 0.2) is 183 Å². The van der Waals surface area contributed by atoms with Crippen molar-refractivity contribution >= 4 is 65.8 Å². The van der Waals surface area contributed by atoms with Crippen LogP contribution >= 0.6 is 0 Å². The van der Waals surface area contributed by atoms with E-state index >= 15 is 0 Å². The maximum Gasteiger partial charge on any atom is 0.143 e. The molecule has 3 aromatic heterocycles. The molecule has 3 heteroatoms. The molecule has 0 atom stereocenters. The standard InChI is InChI=1S/C48H28O3/c1-3-10-43-37(6-1)39-23-20-35(28-47(39)50-43)31-14-12-29(13-15-31)33-21-24-45-41(26-33)42-27-34(22-25-46(42)49-45)30-16-18-32(19-17-30)36-8-5-9-40-38-7-2-4-11-44(38)51-48(36)40/h1-28H. The third kappa shape index (κ3) is 4.45. The normalized spacial score (nSPS) is 11.9. The molecule has 0 saturated carbocycles. The monoisotopic (exact) mass is 652 g/mol. The summed E-state index contributed by atoms with van der Waals surface area (Å²) in [5.41, 5.74) is 14.6. The Balaban J connectivity index is 0.914. The molecule has 0 aliphatic carbocycles. The van der Waals surface area contributed by atoms with Crippen LogP contribution in [0.5, 0.6) is 0 Å². The number of hydrogen-bond acceptors (Lipinski definition) is 3. The largest absolute Gasteiger partial charge is 0.456 e. The lowest BCUT2D eigenvalue weighted by Gasteiger charge is -2.07. The Morgan fingerprint density at radius 1 is 0.235 bits per heavy atom. The van der Waals surface area contributed by atoms with Gasteiger partial charge in [0.25, 0.3) is 0 Å². The highest BCUT2D eigenvalue weighted by Gasteiger charge is 2.14. The fourth-order valence-corrected chi connectivity index (χ4v) is 7.71. The Kier molecular flexibility index (Phi) is 5.96. The van der Waals surface area contributed by atoms with Crippen LogP contribution in [0.3, 0.4) is 0 Å². The molecule has 51 heavy (non-hydrogen) atoms. The molecule has 0 N–H and O–H groups in total. The Hall–Kier alpha value is -6.84. The lowest BCUT2D eigenvalue weighted by Crippen LogP contribution is -1.82. The second-order valence-corrected chi connectivity index (χ2v) is 13.3. The number of rotatable bonds is 4. The molecule has 238 valence electrons. The zero-order valence-electron chi connectivity index (χ0n) is 27.4. The molecule has 3 nitrogen and oxygen atoms in total. The minimum atomic E-state index is 0.885. The van der Waals surface area contributed by atoms with Crippen molar-refractivity contribution in [1.82, 2.24) is 0 Å². The van der Waals surface area contributed by atoms with Gasteiger partial charge in [-0.1, -0.05) is 121 Å². The van der Waals surface area contributed by atoms with Crippen molar-refractivity contribution in [2.75, 3.05) is 0 Å². The smallest absolute Gasteiger partial charge is 0.143 e. The van der Waals surface area contributed by atoms with Gasteiger partial charge in [-0.05, 0) is 87.5 Å². The molecule has 8 aromatic carbocycles. The van der Waals surface area contributed by atoms with Crippen LogP contribution in [0.2, 0.25) is 0 Å². The molecule has 0 radical (unpaired) electrons. The molecule has 11 rings (SSSR count). The maximum absolute atomic E-state index is 6.31. The first kappa shape index (κ1) is 28.0. The maximum atomic E-state index is 6.31. The van der Waals surface area contributed by atoms with Gasteiger partial charge >= 0.3 is 0 Å². The van der Waals surface area contributed by atoms with E-state index in [2.05, 4.69) is 146 Å². The van der Waals surface area contributed by atoms with Crippen molar-refractivity contribution in [2.24, 2.45) is 0 Å². The number of benzene rings is 8. The van der Waals surface area contributed by atoms with Gasteiger partial charge in [0.1, 0.15) is 33.5 Å². The van der Waals surface area contributed by atoms with Gasteiger partial charge in [0.2, 0.25) is 0 Å². The molecule has 11 aromatic rings. The molecule has 0 saturated heterocycles. The van der Waals surface area contributed by atoms with E-state index in [9.17, 15) is 0 Å². The van der Waals surface area contributed by atoms with E-state index in [4.69, 9.17) is 13.3 Å². The second-order valence-electron chi connectivity index (χ2n) is 13.3. The van der Waals surface area contributed by atoms with E-state index in [0.29, 0.717) is 0 Å². The SMILES string of the molecule is c1ccc2c(c1)oc1cc(-c3ccc(-c4ccc5oc6ccc(-c7ccc(-c8cccc9c8oc8ccccc89)cc7)cc6c5c4)cc3)ccc12. The van der Waals surface area contributed by atoms with Crippen LogP contribution < -0.4 is 0 Å². The number of hydrogen-bond donors (Lipinski definition) is 0. The van der Waals surface area contributed by atoms with Crippen molar-refractivity contribution in [3.05, 3.63) is 170 Å². The molecule has 0 aliphatic rings. The van der Waals surface area contributed by atoms with E-state index in [1.54, 1.807) is 0 Å². The summed E-state index contributed by atoms with van der Waals surface area (Å²) < 4.78 is 18.7. The van der Waals surface area contributed by atoms with Crippen molar-refractivity contribution in [1.29, 1.82) is 0 Å². The summed E-state index contributed by atoms with van der Waals surface area (Å²) in [4.78, 5) is 0. The lowest BCUT2D eigenvalue weighted by atomic mass is 9.97. The second kappa shape index (κ2) is 10.8. The molecular weight excluding hydrogens is 625 g/mol. The van der Waals surface area contributed by atoms with E-state index in [-0.39, 0.29) is 0 Å². The van der Waals surface area contributed by atoms with Gasteiger partial charge in [0.05, 0.1) is 0 Å². The molecule has 0 spiro atoms.